The third-order valence-electron chi connectivity index (χ3n) is 7.88. The fourth-order valence-corrected chi connectivity index (χ4v) is 6.48. The summed E-state index contributed by atoms with van der Waals surface area (Å²) >= 11 is 0. The second-order valence-electron chi connectivity index (χ2n) is 8.74. The number of hydrogen-bond donors (Lipinski definition) is 1. The Hall–Kier alpha value is -1.31. The van der Waals surface area contributed by atoms with E-state index in [9.17, 15) is 9.90 Å². The average Bonchev–Trinajstić information content (AvgIpc) is 2.83. The number of fused-ring (bicyclic) bond motifs is 5. The van der Waals surface area contributed by atoms with Crippen molar-refractivity contribution < 1.29 is 9.90 Å². The lowest BCUT2D eigenvalue weighted by Crippen LogP contribution is -2.48. The number of carboxylic acids is 1. The maximum atomic E-state index is 11.3. The Labute approximate surface area is 139 Å². The van der Waals surface area contributed by atoms with E-state index in [4.69, 9.17) is 0 Å². The molecule has 0 aliphatic heterocycles. The van der Waals surface area contributed by atoms with Crippen molar-refractivity contribution in [2.24, 2.45) is 34.5 Å². The maximum absolute atomic E-state index is 11.3. The van der Waals surface area contributed by atoms with E-state index in [1.54, 1.807) is 0 Å². The minimum absolute atomic E-state index is 0.228. The molecule has 0 amide bonds. The molecule has 6 atom stereocenters. The first kappa shape index (κ1) is 15.2. The van der Waals surface area contributed by atoms with Gasteiger partial charge in [0.05, 0.1) is 0 Å². The highest BCUT2D eigenvalue weighted by Crippen LogP contribution is 2.65. The predicted octanol–water partition coefficient (Wildman–Crippen LogP) is 4.98. The van der Waals surface area contributed by atoms with Crippen LogP contribution < -0.4 is 0 Å². The molecule has 23 heavy (non-hydrogen) atoms. The molecular formula is C21H28O2. The molecule has 124 valence electrons. The smallest absolute Gasteiger partial charge is 0.303 e. The zero-order chi connectivity index (χ0) is 16.2. The Morgan fingerprint density at radius 1 is 1.26 bits per heavy atom. The third-order valence-corrected chi connectivity index (χ3v) is 7.88. The van der Waals surface area contributed by atoms with Gasteiger partial charge in [-0.3, -0.25) is 4.79 Å². The van der Waals surface area contributed by atoms with Gasteiger partial charge in [-0.1, -0.05) is 44.2 Å². The van der Waals surface area contributed by atoms with Crippen LogP contribution in [0.1, 0.15) is 52.4 Å². The van der Waals surface area contributed by atoms with Crippen molar-refractivity contribution in [3.63, 3.8) is 0 Å². The highest BCUT2D eigenvalue weighted by atomic mass is 16.4. The summed E-state index contributed by atoms with van der Waals surface area (Å²) in [6.45, 7) is 4.84. The Bertz CT molecular complexity index is 613. The highest BCUT2D eigenvalue weighted by molar-refractivity contribution is 5.67. The summed E-state index contributed by atoms with van der Waals surface area (Å²) in [5.74, 6) is 1.79. The van der Waals surface area contributed by atoms with E-state index in [1.807, 2.05) is 0 Å². The molecule has 0 heterocycles. The summed E-state index contributed by atoms with van der Waals surface area (Å²) in [4.78, 5) is 11.3. The molecule has 0 aromatic rings. The van der Waals surface area contributed by atoms with Crippen LogP contribution in [0.15, 0.2) is 36.0 Å². The van der Waals surface area contributed by atoms with Gasteiger partial charge in [0, 0.05) is 6.42 Å². The van der Waals surface area contributed by atoms with Crippen LogP contribution in [0.25, 0.3) is 0 Å². The van der Waals surface area contributed by atoms with Crippen LogP contribution in [0.3, 0.4) is 0 Å². The van der Waals surface area contributed by atoms with Crippen molar-refractivity contribution in [2.45, 2.75) is 52.4 Å². The van der Waals surface area contributed by atoms with Gasteiger partial charge in [-0.15, -0.1) is 0 Å². The second kappa shape index (κ2) is 5.09. The zero-order valence-corrected chi connectivity index (χ0v) is 14.3. The van der Waals surface area contributed by atoms with E-state index in [0.29, 0.717) is 29.6 Å². The van der Waals surface area contributed by atoms with Gasteiger partial charge in [0.2, 0.25) is 0 Å². The van der Waals surface area contributed by atoms with Gasteiger partial charge in [-0.2, -0.15) is 0 Å². The minimum Gasteiger partial charge on any atom is -0.481 e. The molecule has 4 aliphatic carbocycles. The first-order chi connectivity index (χ1) is 10.9. The highest BCUT2D eigenvalue weighted by Gasteiger charge is 2.57. The van der Waals surface area contributed by atoms with Gasteiger partial charge in [-0.05, 0) is 72.2 Å². The lowest BCUT2D eigenvalue weighted by Gasteiger charge is -2.55. The first-order valence-corrected chi connectivity index (χ1v) is 9.22. The molecule has 0 bridgehead atoms. The number of hydrogen-bond acceptors (Lipinski definition) is 1. The van der Waals surface area contributed by atoms with E-state index in [2.05, 4.69) is 44.2 Å². The van der Waals surface area contributed by atoms with E-state index in [0.717, 1.165) is 18.8 Å². The van der Waals surface area contributed by atoms with Crippen LogP contribution in [0.5, 0.6) is 0 Å². The fraction of sp³-hybridized carbons (Fsp3) is 0.667. The standard InChI is InChI=1S/C21H28O2/c1-20-11-4-3-5-14(20)6-8-16-17-9-7-15(13-19(22)23)21(17,2)12-10-18(16)20/h3-6,8,15-18H,7,9-13H2,1-2H3,(H,22,23)/t15-,16+,17+,18+,20+,21-/m1/s1. The summed E-state index contributed by atoms with van der Waals surface area (Å²) in [6.07, 6.45) is 18.0. The van der Waals surface area contributed by atoms with Crippen molar-refractivity contribution in [3.8, 4) is 0 Å². The van der Waals surface area contributed by atoms with E-state index < -0.39 is 5.97 Å². The molecule has 0 aromatic carbocycles. The zero-order valence-electron chi connectivity index (χ0n) is 14.3. The Morgan fingerprint density at radius 2 is 2.09 bits per heavy atom. The van der Waals surface area contributed by atoms with Crippen LogP contribution in [0.2, 0.25) is 0 Å². The normalized spacial score (nSPS) is 47.5. The van der Waals surface area contributed by atoms with Gasteiger partial charge in [0.1, 0.15) is 0 Å². The lowest BCUT2D eigenvalue weighted by molar-refractivity contribution is -0.139. The molecule has 1 N–H and O–H groups in total. The molecule has 0 unspecified atom stereocenters. The number of rotatable bonds is 2. The van der Waals surface area contributed by atoms with Crippen molar-refractivity contribution >= 4 is 5.97 Å². The Kier molecular flexibility index (Phi) is 3.37. The van der Waals surface area contributed by atoms with Crippen molar-refractivity contribution in [1.82, 2.24) is 0 Å². The fourth-order valence-electron chi connectivity index (χ4n) is 6.48. The lowest BCUT2D eigenvalue weighted by atomic mass is 9.49. The molecule has 2 nitrogen and oxygen atoms in total. The first-order valence-electron chi connectivity index (χ1n) is 9.22. The molecule has 0 spiro atoms. The summed E-state index contributed by atoms with van der Waals surface area (Å²) in [6, 6.07) is 0. The summed E-state index contributed by atoms with van der Waals surface area (Å²) in [5, 5.41) is 9.28. The molecule has 2 fully saturated rings. The largest absolute Gasteiger partial charge is 0.481 e. The average molecular weight is 312 g/mol. The van der Waals surface area contributed by atoms with Gasteiger partial charge >= 0.3 is 5.97 Å². The molecule has 0 aromatic heterocycles. The van der Waals surface area contributed by atoms with E-state index in [-0.39, 0.29) is 5.41 Å². The number of allylic oxidation sites excluding steroid dienone is 6. The van der Waals surface area contributed by atoms with Crippen molar-refractivity contribution in [1.29, 1.82) is 0 Å². The minimum atomic E-state index is -0.618. The quantitative estimate of drug-likeness (QED) is 0.780. The van der Waals surface area contributed by atoms with Gasteiger partial charge in [0.15, 0.2) is 0 Å². The molecule has 4 aliphatic rings. The van der Waals surface area contributed by atoms with Crippen LogP contribution >= 0.6 is 0 Å². The summed E-state index contributed by atoms with van der Waals surface area (Å²) in [7, 11) is 0. The van der Waals surface area contributed by atoms with Crippen molar-refractivity contribution in [3.05, 3.63) is 36.0 Å². The van der Waals surface area contributed by atoms with Gasteiger partial charge in [0.25, 0.3) is 0 Å². The molecule has 0 radical (unpaired) electrons. The molecule has 2 heteroatoms. The topological polar surface area (TPSA) is 37.3 Å². The van der Waals surface area contributed by atoms with Crippen LogP contribution in [-0.2, 0) is 4.79 Å². The second-order valence-corrected chi connectivity index (χ2v) is 8.74. The number of carbonyl (C=O) groups is 1. The summed E-state index contributed by atoms with van der Waals surface area (Å²) < 4.78 is 0. The molecular weight excluding hydrogens is 284 g/mol. The Balaban J connectivity index is 1.66. The molecule has 0 saturated heterocycles. The van der Waals surface area contributed by atoms with Crippen LogP contribution in [-0.4, -0.2) is 11.1 Å². The molecule has 2 saturated carbocycles. The van der Waals surface area contributed by atoms with E-state index in [1.165, 1.54) is 24.8 Å². The SMILES string of the molecule is C[C@]12CC[C@H]3[C@@H](C=CC4=CC=CC[C@@]43C)[C@@H]1CC[C@@H]2CC(=O)O. The maximum Gasteiger partial charge on any atom is 0.303 e. The van der Waals surface area contributed by atoms with Crippen molar-refractivity contribution in [2.75, 3.05) is 0 Å². The van der Waals surface area contributed by atoms with Gasteiger partial charge < -0.3 is 5.11 Å². The molecule has 4 rings (SSSR count). The summed E-state index contributed by atoms with van der Waals surface area (Å²) in [5.41, 5.74) is 2.02. The van der Waals surface area contributed by atoms with Crippen LogP contribution in [0.4, 0.5) is 0 Å². The predicted molar refractivity (Wildman–Crippen MR) is 91.9 cm³/mol. The van der Waals surface area contributed by atoms with Crippen LogP contribution in [0, 0.1) is 34.5 Å². The Morgan fingerprint density at radius 3 is 2.87 bits per heavy atom. The number of aliphatic carboxylic acids is 1. The monoisotopic (exact) mass is 312 g/mol. The number of carboxylic acid groups (broad SMARTS) is 1. The van der Waals surface area contributed by atoms with E-state index >= 15 is 0 Å². The van der Waals surface area contributed by atoms with Gasteiger partial charge in [-0.25, -0.2) is 0 Å². The third kappa shape index (κ3) is 2.10.